The molecule has 4 rings (SSSR count). The fourth-order valence-corrected chi connectivity index (χ4v) is 4.17. The average molecular weight is 377 g/mol. The molecule has 1 fully saturated rings. The van der Waals surface area contributed by atoms with Crippen molar-refractivity contribution >= 4 is 12.0 Å². The molecule has 1 aliphatic heterocycles. The highest BCUT2D eigenvalue weighted by Gasteiger charge is 2.38. The van der Waals surface area contributed by atoms with Gasteiger partial charge in [-0.05, 0) is 55.0 Å². The van der Waals surface area contributed by atoms with Gasteiger partial charge < -0.3 is 9.84 Å². The molecule has 0 amide bonds. The number of hydrogen-bond donors (Lipinski definition) is 1. The van der Waals surface area contributed by atoms with Gasteiger partial charge >= 0.3 is 5.97 Å². The molecule has 28 heavy (non-hydrogen) atoms. The summed E-state index contributed by atoms with van der Waals surface area (Å²) in [7, 11) is 0. The molecule has 1 atom stereocenters. The van der Waals surface area contributed by atoms with Crippen molar-refractivity contribution in [2.75, 3.05) is 19.7 Å². The molecular weight excluding hydrogens is 350 g/mol. The Morgan fingerprint density at radius 2 is 2.00 bits per heavy atom. The third-order valence-electron chi connectivity index (χ3n) is 5.91. The first-order valence-electron chi connectivity index (χ1n) is 10.0. The number of aryl methyl sites for hydroxylation is 1. The number of aliphatic carboxylic acids is 1. The van der Waals surface area contributed by atoms with Gasteiger partial charge in [0.25, 0.3) is 0 Å². The van der Waals surface area contributed by atoms with Gasteiger partial charge in [-0.2, -0.15) is 0 Å². The molecular formula is C24H27NO3. The minimum absolute atomic E-state index is 0.184. The molecule has 2 aromatic rings. The van der Waals surface area contributed by atoms with Gasteiger partial charge in [0, 0.05) is 19.1 Å². The fourth-order valence-electron chi connectivity index (χ4n) is 4.17. The molecule has 2 aliphatic rings. The number of carbonyl (C=O) groups is 1. The van der Waals surface area contributed by atoms with Gasteiger partial charge in [-0.1, -0.05) is 48.0 Å². The van der Waals surface area contributed by atoms with Gasteiger partial charge in [0.05, 0.1) is 5.92 Å². The van der Waals surface area contributed by atoms with Crippen LogP contribution in [0, 0.1) is 12.8 Å². The van der Waals surface area contributed by atoms with Crippen molar-refractivity contribution in [2.24, 2.45) is 5.92 Å². The predicted octanol–water partition coefficient (Wildman–Crippen LogP) is 3.96. The molecule has 4 heteroatoms. The number of rotatable bonds is 6. The summed E-state index contributed by atoms with van der Waals surface area (Å²) in [5.74, 6) is 0.134. The summed E-state index contributed by atoms with van der Waals surface area (Å²) in [5, 5.41) is 9.08. The first-order chi connectivity index (χ1) is 13.6. The average Bonchev–Trinajstić information content (AvgIpc) is 2.65. The number of fused-ring (bicyclic) bond motifs is 1. The second-order valence-corrected chi connectivity index (χ2v) is 7.90. The van der Waals surface area contributed by atoms with Gasteiger partial charge in [0.2, 0.25) is 0 Å². The molecule has 0 spiro atoms. The lowest BCUT2D eigenvalue weighted by atomic mass is 9.84. The normalized spacial score (nSPS) is 20.0. The topological polar surface area (TPSA) is 49.8 Å². The van der Waals surface area contributed by atoms with Gasteiger partial charge in [0.1, 0.15) is 12.4 Å². The quantitative estimate of drug-likeness (QED) is 0.828. The predicted molar refractivity (Wildman–Crippen MR) is 111 cm³/mol. The Kier molecular flexibility index (Phi) is 5.49. The van der Waals surface area contributed by atoms with E-state index in [1.54, 1.807) is 0 Å². The first-order valence-corrected chi connectivity index (χ1v) is 10.0. The van der Waals surface area contributed by atoms with E-state index in [9.17, 15) is 4.79 Å². The molecule has 0 aromatic heterocycles. The highest BCUT2D eigenvalue weighted by Crippen LogP contribution is 2.33. The van der Waals surface area contributed by atoms with Crippen LogP contribution in [0.5, 0.6) is 5.75 Å². The van der Waals surface area contributed by atoms with E-state index >= 15 is 0 Å². The van der Waals surface area contributed by atoms with Crippen LogP contribution in [0.2, 0.25) is 0 Å². The Hall–Kier alpha value is -2.59. The van der Waals surface area contributed by atoms with E-state index in [2.05, 4.69) is 66.4 Å². The van der Waals surface area contributed by atoms with Crippen LogP contribution in [0.25, 0.3) is 6.08 Å². The molecule has 0 radical (unpaired) electrons. The third-order valence-corrected chi connectivity index (χ3v) is 5.91. The van der Waals surface area contributed by atoms with E-state index in [0.717, 1.165) is 25.0 Å². The van der Waals surface area contributed by atoms with Gasteiger partial charge in [-0.15, -0.1) is 0 Å². The number of ether oxygens (including phenoxy) is 1. The van der Waals surface area contributed by atoms with Crippen molar-refractivity contribution in [2.45, 2.75) is 32.2 Å². The number of benzene rings is 2. The molecule has 1 N–H and O–H groups in total. The minimum atomic E-state index is -0.665. The maximum Gasteiger partial charge on any atom is 0.309 e. The van der Waals surface area contributed by atoms with Crippen molar-refractivity contribution in [3.05, 3.63) is 70.8 Å². The summed E-state index contributed by atoms with van der Waals surface area (Å²) < 4.78 is 6.06. The number of nitrogens with zero attached hydrogens (tertiary/aromatic N) is 1. The summed E-state index contributed by atoms with van der Waals surface area (Å²) in [5.41, 5.74) is 5.11. The van der Waals surface area contributed by atoms with Crippen molar-refractivity contribution in [1.29, 1.82) is 0 Å². The van der Waals surface area contributed by atoms with E-state index < -0.39 is 5.97 Å². The molecule has 1 saturated heterocycles. The largest absolute Gasteiger partial charge is 0.489 e. The number of carboxylic acid groups (broad SMARTS) is 1. The summed E-state index contributed by atoms with van der Waals surface area (Å²) in [6.07, 6.45) is 7.19. The van der Waals surface area contributed by atoms with E-state index in [-0.39, 0.29) is 5.92 Å². The number of likely N-dealkylation sites (tertiary alicyclic amines) is 1. The highest BCUT2D eigenvalue weighted by molar-refractivity contribution is 5.71. The van der Waals surface area contributed by atoms with Crippen molar-refractivity contribution in [3.63, 3.8) is 0 Å². The fraction of sp³-hybridized carbons (Fsp3) is 0.375. The minimum Gasteiger partial charge on any atom is -0.489 e. The molecule has 0 saturated carbocycles. The summed E-state index contributed by atoms with van der Waals surface area (Å²) in [6, 6.07) is 15.2. The van der Waals surface area contributed by atoms with Gasteiger partial charge in [-0.3, -0.25) is 9.69 Å². The van der Waals surface area contributed by atoms with Crippen molar-refractivity contribution in [1.82, 2.24) is 4.90 Å². The van der Waals surface area contributed by atoms with Crippen LogP contribution >= 0.6 is 0 Å². The van der Waals surface area contributed by atoms with Crippen LogP contribution in [0.3, 0.4) is 0 Å². The van der Waals surface area contributed by atoms with Crippen LogP contribution in [0.1, 0.15) is 28.7 Å². The standard InChI is InChI=1S/C24H27NO3/c1-17-7-9-18(10-8-17)4-3-13-28-23-6-2-5-19-14-21(11-12-22(19)23)25-15-20(16-25)24(26)27/h2-10,20-21H,11-16H2,1H3,(H,26,27)/b4-3+. The lowest BCUT2D eigenvalue weighted by Crippen LogP contribution is -2.56. The molecule has 0 bridgehead atoms. The second-order valence-electron chi connectivity index (χ2n) is 7.90. The SMILES string of the molecule is Cc1ccc(/C=C/COc2cccc3c2CCC(N2CC(C(=O)O)C2)C3)cc1. The third kappa shape index (κ3) is 4.12. The van der Waals surface area contributed by atoms with Crippen LogP contribution in [-0.2, 0) is 17.6 Å². The smallest absolute Gasteiger partial charge is 0.309 e. The highest BCUT2D eigenvalue weighted by atomic mass is 16.5. The molecule has 146 valence electrons. The Morgan fingerprint density at radius 3 is 2.75 bits per heavy atom. The Balaban J connectivity index is 1.34. The zero-order chi connectivity index (χ0) is 19.5. The maximum atomic E-state index is 11.0. The molecule has 1 aliphatic carbocycles. The lowest BCUT2D eigenvalue weighted by molar-refractivity contribution is -0.148. The number of carboxylic acids is 1. The Morgan fingerprint density at radius 1 is 1.21 bits per heavy atom. The Bertz CT molecular complexity index is 866. The zero-order valence-corrected chi connectivity index (χ0v) is 16.3. The van der Waals surface area contributed by atoms with Gasteiger partial charge in [-0.25, -0.2) is 0 Å². The summed E-state index contributed by atoms with van der Waals surface area (Å²) in [6.45, 7) is 4.02. The van der Waals surface area contributed by atoms with Crippen LogP contribution < -0.4 is 4.74 Å². The maximum absolute atomic E-state index is 11.0. The summed E-state index contributed by atoms with van der Waals surface area (Å²) >= 11 is 0. The lowest BCUT2D eigenvalue weighted by Gasteiger charge is -2.44. The number of hydrogen-bond acceptors (Lipinski definition) is 3. The molecule has 1 unspecified atom stereocenters. The molecule has 2 aromatic carbocycles. The second kappa shape index (κ2) is 8.19. The zero-order valence-electron chi connectivity index (χ0n) is 16.3. The van der Waals surface area contributed by atoms with E-state index in [0.29, 0.717) is 25.7 Å². The monoisotopic (exact) mass is 377 g/mol. The van der Waals surface area contributed by atoms with E-state index in [4.69, 9.17) is 9.84 Å². The van der Waals surface area contributed by atoms with Crippen LogP contribution in [-0.4, -0.2) is 41.7 Å². The van der Waals surface area contributed by atoms with Crippen LogP contribution in [0.15, 0.2) is 48.5 Å². The van der Waals surface area contributed by atoms with Crippen molar-refractivity contribution in [3.8, 4) is 5.75 Å². The summed E-state index contributed by atoms with van der Waals surface area (Å²) in [4.78, 5) is 13.4. The molecule has 4 nitrogen and oxygen atoms in total. The van der Waals surface area contributed by atoms with Gasteiger partial charge in [0.15, 0.2) is 0 Å². The van der Waals surface area contributed by atoms with Crippen molar-refractivity contribution < 1.29 is 14.6 Å². The molecule has 1 heterocycles. The van der Waals surface area contributed by atoms with E-state index in [1.807, 2.05) is 0 Å². The Labute approximate surface area is 166 Å². The van der Waals surface area contributed by atoms with Crippen LogP contribution in [0.4, 0.5) is 0 Å². The van der Waals surface area contributed by atoms with E-state index in [1.165, 1.54) is 22.3 Å². The first kappa shape index (κ1) is 18.8.